The number of hydrogen-bond donors (Lipinski definition) is 1. The van der Waals surface area contributed by atoms with E-state index in [1.165, 1.54) is 41.3 Å². The van der Waals surface area contributed by atoms with E-state index in [2.05, 4.69) is 5.32 Å². The van der Waals surface area contributed by atoms with Crippen LogP contribution in [-0.2, 0) is 15.7 Å². The maximum Gasteiger partial charge on any atom is 0.416 e. The Balaban J connectivity index is 1.57. The fourth-order valence-corrected chi connectivity index (χ4v) is 2.81. The molecule has 0 radical (unpaired) electrons. The fraction of sp³-hybridized carbons (Fsp3) is 0.174. The molecule has 0 aliphatic carbocycles. The SMILES string of the molecule is CN(C)C(=O)c1ccc(NC(=O)COC(=O)c2ccc(-c3cccc(C(F)(F)F)c3)o2)cc1. The van der Waals surface area contributed by atoms with Gasteiger partial charge in [-0.2, -0.15) is 13.2 Å². The molecule has 0 saturated heterocycles. The Bertz CT molecular complexity index is 1170. The smallest absolute Gasteiger partial charge is 0.416 e. The molecule has 1 aromatic heterocycles. The molecule has 10 heteroatoms. The first kappa shape index (κ1) is 23.6. The number of carbonyl (C=O) groups is 3. The van der Waals surface area contributed by atoms with Crippen molar-refractivity contribution in [2.75, 3.05) is 26.0 Å². The van der Waals surface area contributed by atoms with Crippen LogP contribution in [0.2, 0.25) is 0 Å². The van der Waals surface area contributed by atoms with Gasteiger partial charge in [0.15, 0.2) is 6.61 Å². The summed E-state index contributed by atoms with van der Waals surface area (Å²) in [5.41, 5.74) is 0.129. The van der Waals surface area contributed by atoms with Gasteiger partial charge in [-0.3, -0.25) is 9.59 Å². The summed E-state index contributed by atoms with van der Waals surface area (Å²) in [6.07, 6.45) is -4.51. The molecule has 0 aliphatic heterocycles. The summed E-state index contributed by atoms with van der Waals surface area (Å²) in [5, 5.41) is 2.52. The molecule has 0 aliphatic rings. The van der Waals surface area contributed by atoms with Crippen molar-refractivity contribution in [1.29, 1.82) is 0 Å². The number of alkyl halides is 3. The van der Waals surface area contributed by atoms with Crippen molar-refractivity contribution in [2.24, 2.45) is 0 Å². The number of nitrogens with one attached hydrogen (secondary N) is 1. The van der Waals surface area contributed by atoms with Crippen LogP contribution in [0.3, 0.4) is 0 Å². The van der Waals surface area contributed by atoms with E-state index in [1.807, 2.05) is 0 Å². The van der Waals surface area contributed by atoms with E-state index in [4.69, 9.17) is 9.15 Å². The van der Waals surface area contributed by atoms with E-state index in [0.717, 1.165) is 12.1 Å². The number of anilines is 1. The lowest BCUT2D eigenvalue weighted by Crippen LogP contribution is -2.22. The molecular weight excluding hydrogens is 441 g/mol. The zero-order valence-corrected chi connectivity index (χ0v) is 17.6. The third-order valence-corrected chi connectivity index (χ3v) is 4.44. The molecule has 0 bridgehead atoms. The third-order valence-electron chi connectivity index (χ3n) is 4.44. The second-order valence-electron chi connectivity index (χ2n) is 7.14. The quantitative estimate of drug-likeness (QED) is 0.549. The van der Waals surface area contributed by atoms with Gasteiger partial charge in [0.1, 0.15) is 5.76 Å². The van der Waals surface area contributed by atoms with Crippen LogP contribution in [0.5, 0.6) is 0 Å². The lowest BCUT2D eigenvalue weighted by molar-refractivity contribution is -0.137. The Morgan fingerprint density at radius 1 is 1.00 bits per heavy atom. The van der Waals surface area contributed by atoms with Crippen molar-refractivity contribution in [3.8, 4) is 11.3 Å². The molecule has 1 heterocycles. The Kier molecular flexibility index (Phi) is 6.86. The molecule has 0 fully saturated rings. The van der Waals surface area contributed by atoms with E-state index in [0.29, 0.717) is 11.3 Å². The van der Waals surface area contributed by atoms with Crippen LogP contribution in [0.1, 0.15) is 26.5 Å². The summed E-state index contributed by atoms with van der Waals surface area (Å²) in [6.45, 7) is -0.614. The van der Waals surface area contributed by atoms with Gasteiger partial charge < -0.3 is 19.4 Å². The Morgan fingerprint density at radius 2 is 1.70 bits per heavy atom. The highest BCUT2D eigenvalue weighted by atomic mass is 19.4. The van der Waals surface area contributed by atoms with Crippen LogP contribution in [0.15, 0.2) is 65.1 Å². The minimum absolute atomic E-state index is 0.0462. The second-order valence-corrected chi connectivity index (χ2v) is 7.14. The summed E-state index contributed by atoms with van der Waals surface area (Å²) in [4.78, 5) is 37.5. The molecule has 3 rings (SSSR count). The molecular formula is C23H19F3N2O5. The minimum atomic E-state index is -4.51. The van der Waals surface area contributed by atoms with Crippen molar-refractivity contribution in [2.45, 2.75) is 6.18 Å². The molecule has 2 amide bonds. The average Bonchev–Trinajstić information content (AvgIpc) is 3.27. The zero-order valence-electron chi connectivity index (χ0n) is 17.6. The summed E-state index contributed by atoms with van der Waals surface area (Å²) >= 11 is 0. The van der Waals surface area contributed by atoms with Crippen molar-refractivity contribution >= 4 is 23.5 Å². The lowest BCUT2D eigenvalue weighted by atomic mass is 10.1. The normalized spacial score (nSPS) is 11.1. The molecule has 1 N–H and O–H groups in total. The molecule has 3 aromatic rings. The van der Waals surface area contributed by atoms with Gasteiger partial charge in [0.05, 0.1) is 5.56 Å². The van der Waals surface area contributed by atoms with Crippen LogP contribution in [0.25, 0.3) is 11.3 Å². The fourth-order valence-electron chi connectivity index (χ4n) is 2.81. The van der Waals surface area contributed by atoms with E-state index in [-0.39, 0.29) is 23.0 Å². The average molecular weight is 460 g/mol. The van der Waals surface area contributed by atoms with Crippen LogP contribution in [0, 0.1) is 0 Å². The molecule has 0 spiro atoms. The first-order valence-corrected chi connectivity index (χ1v) is 9.61. The van der Waals surface area contributed by atoms with Crippen molar-refractivity contribution in [3.63, 3.8) is 0 Å². The number of halogens is 3. The number of furan rings is 1. The molecule has 172 valence electrons. The minimum Gasteiger partial charge on any atom is -0.450 e. The van der Waals surface area contributed by atoms with Crippen LogP contribution in [0.4, 0.5) is 18.9 Å². The van der Waals surface area contributed by atoms with Crippen LogP contribution >= 0.6 is 0 Å². The van der Waals surface area contributed by atoms with E-state index in [9.17, 15) is 27.6 Å². The third kappa shape index (κ3) is 6.00. The molecule has 0 unspecified atom stereocenters. The Hall–Kier alpha value is -4.08. The highest BCUT2D eigenvalue weighted by molar-refractivity contribution is 5.96. The van der Waals surface area contributed by atoms with Gasteiger partial charge >= 0.3 is 12.1 Å². The predicted molar refractivity (Wildman–Crippen MR) is 113 cm³/mol. The topological polar surface area (TPSA) is 88.9 Å². The maximum atomic E-state index is 12.9. The monoisotopic (exact) mass is 460 g/mol. The molecule has 2 aromatic carbocycles. The van der Waals surface area contributed by atoms with Crippen molar-refractivity contribution < 1.29 is 36.7 Å². The summed E-state index contributed by atoms with van der Waals surface area (Å²) in [7, 11) is 3.24. The van der Waals surface area contributed by atoms with Crippen LogP contribution < -0.4 is 5.32 Å². The maximum absolute atomic E-state index is 12.9. The molecule has 0 saturated carbocycles. The number of nitrogens with zero attached hydrogens (tertiary/aromatic N) is 1. The standard InChI is InChI=1S/C23H19F3N2O5/c1-28(2)21(30)14-6-8-17(9-7-14)27-20(29)13-32-22(31)19-11-10-18(33-19)15-4-3-5-16(12-15)23(24,25)26/h3-12H,13H2,1-2H3,(H,27,29). The largest absolute Gasteiger partial charge is 0.450 e. The Morgan fingerprint density at radius 3 is 2.33 bits per heavy atom. The molecule has 33 heavy (non-hydrogen) atoms. The highest BCUT2D eigenvalue weighted by Gasteiger charge is 2.30. The van der Waals surface area contributed by atoms with E-state index >= 15 is 0 Å². The second kappa shape index (κ2) is 9.60. The predicted octanol–water partition coefficient (Wildman–Crippen LogP) is 4.46. The van der Waals surface area contributed by atoms with Crippen LogP contribution in [-0.4, -0.2) is 43.4 Å². The first-order chi connectivity index (χ1) is 15.5. The Labute approximate surface area is 186 Å². The van der Waals surface area contributed by atoms with Gasteiger partial charge in [0.25, 0.3) is 11.8 Å². The number of rotatable bonds is 6. The van der Waals surface area contributed by atoms with E-state index < -0.39 is 30.2 Å². The molecule has 0 atom stereocenters. The lowest BCUT2D eigenvalue weighted by Gasteiger charge is -2.11. The van der Waals surface area contributed by atoms with Gasteiger partial charge in [-0.1, -0.05) is 12.1 Å². The first-order valence-electron chi connectivity index (χ1n) is 9.61. The van der Waals surface area contributed by atoms with Gasteiger partial charge in [-0.05, 0) is 48.5 Å². The van der Waals surface area contributed by atoms with Gasteiger partial charge in [-0.15, -0.1) is 0 Å². The summed E-state index contributed by atoms with van der Waals surface area (Å²) in [6, 6.07) is 13.2. The summed E-state index contributed by atoms with van der Waals surface area (Å²) in [5.74, 6) is -1.98. The molecule has 7 nitrogen and oxygen atoms in total. The van der Waals surface area contributed by atoms with Gasteiger partial charge in [-0.25, -0.2) is 4.79 Å². The van der Waals surface area contributed by atoms with Crippen molar-refractivity contribution in [3.05, 3.63) is 77.6 Å². The number of ether oxygens (including phenoxy) is 1. The van der Waals surface area contributed by atoms with E-state index in [1.54, 1.807) is 26.2 Å². The van der Waals surface area contributed by atoms with Gasteiger partial charge in [0, 0.05) is 30.9 Å². The number of hydrogen-bond acceptors (Lipinski definition) is 5. The summed E-state index contributed by atoms with van der Waals surface area (Å²) < 4.78 is 48.8. The highest BCUT2D eigenvalue weighted by Crippen LogP contribution is 2.32. The number of amides is 2. The number of benzene rings is 2. The van der Waals surface area contributed by atoms with Gasteiger partial charge in [0.2, 0.25) is 5.76 Å². The van der Waals surface area contributed by atoms with Crippen molar-refractivity contribution in [1.82, 2.24) is 4.90 Å². The zero-order chi connectivity index (χ0) is 24.2. The number of carbonyl (C=O) groups excluding carboxylic acids is 3. The number of esters is 1.